The van der Waals surface area contributed by atoms with Crippen LogP contribution in [-0.2, 0) is 20.9 Å². The molecule has 2 aromatic rings. The highest BCUT2D eigenvalue weighted by Crippen LogP contribution is 2.29. The Morgan fingerprint density at radius 3 is 2.53 bits per heavy atom. The van der Waals surface area contributed by atoms with Crippen molar-refractivity contribution in [1.29, 1.82) is 0 Å². The van der Waals surface area contributed by atoms with Gasteiger partial charge < -0.3 is 19.5 Å². The lowest BCUT2D eigenvalue weighted by atomic mass is 9.95. The molecule has 1 N–H and O–H groups in total. The van der Waals surface area contributed by atoms with Gasteiger partial charge in [-0.25, -0.2) is 4.98 Å². The van der Waals surface area contributed by atoms with E-state index in [0.29, 0.717) is 35.4 Å². The third-order valence-electron chi connectivity index (χ3n) is 5.74. The zero-order valence-electron chi connectivity index (χ0n) is 18.9. The minimum absolute atomic E-state index is 0.0947. The number of esters is 1. The van der Waals surface area contributed by atoms with Gasteiger partial charge in [0.05, 0.1) is 31.4 Å². The van der Waals surface area contributed by atoms with E-state index in [-0.39, 0.29) is 23.9 Å². The molecule has 0 spiro atoms. The Morgan fingerprint density at radius 1 is 1.16 bits per heavy atom. The summed E-state index contributed by atoms with van der Waals surface area (Å²) >= 11 is 0. The lowest BCUT2D eigenvalue weighted by molar-refractivity contribution is -0.155. The minimum atomic E-state index is -0.836. The largest absolute Gasteiger partial charge is 0.493 e. The number of amides is 1. The average molecular weight is 446 g/mol. The Labute approximate surface area is 187 Å². The summed E-state index contributed by atoms with van der Waals surface area (Å²) in [5.74, 6) is 0.212. The summed E-state index contributed by atoms with van der Waals surface area (Å²) < 4.78 is 17.2. The van der Waals surface area contributed by atoms with Gasteiger partial charge in [-0.3, -0.25) is 19.0 Å². The van der Waals surface area contributed by atoms with E-state index < -0.39 is 12.1 Å². The molecule has 1 aromatic heterocycles. The van der Waals surface area contributed by atoms with Gasteiger partial charge in [0.1, 0.15) is 0 Å². The minimum Gasteiger partial charge on any atom is -0.493 e. The molecule has 1 heterocycles. The summed E-state index contributed by atoms with van der Waals surface area (Å²) in [5.41, 5.74) is 0.269. The maximum Gasteiger partial charge on any atom is 0.306 e. The van der Waals surface area contributed by atoms with E-state index in [1.54, 1.807) is 19.1 Å². The van der Waals surface area contributed by atoms with Gasteiger partial charge in [0.15, 0.2) is 17.6 Å². The SMILES string of the molecule is COc1cc2ncn(CCCC(=O)OC(C)C(=O)NC3CCCCC3)c(=O)c2cc1OC. The van der Waals surface area contributed by atoms with Crippen LogP contribution in [0.1, 0.15) is 51.9 Å². The summed E-state index contributed by atoms with van der Waals surface area (Å²) in [4.78, 5) is 41.5. The van der Waals surface area contributed by atoms with Gasteiger partial charge in [-0.15, -0.1) is 0 Å². The lowest BCUT2D eigenvalue weighted by Crippen LogP contribution is -2.42. The first kappa shape index (κ1) is 23.6. The van der Waals surface area contributed by atoms with Crippen LogP contribution in [0.5, 0.6) is 11.5 Å². The smallest absolute Gasteiger partial charge is 0.306 e. The number of nitrogens with one attached hydrogen (secondary N) is 1. The van der Waals surface area contributed by atoms with E-state index in [1.807, 2.05) is 0 Å². The lowest BCUT2D eigenvalue weighted by Gasteiger charge is -2.24. The normalized spacial score (nSPS) is 15.2. The summed E-state index contributed by atoms with van der Waals surface area (Å²) in [6.07, 6.45) is 6.46. The van der Waals surface area contributed by atoms with Crippen LogP contribution in [-0.4, -0.2) is 47.8 Å². The first-order valence-electron chi connectivity index (χ1n) is 11.0. The Bertz CT molecular complexity index is 1010. The van der Waals surface area contributed by atoms with Gasteiger partial charge in [-0.1, -0.05) is 19.3 Å². The molecule has 3 rings (SSSR count). The van der Waals surface area contributed by atoms with Crippen molar-refractivity contribution in [3.8, 4) is 11.5 Å². The zero-order chi connectivity index (χ0) is 23.1. The number of ether oxygens (including phenoxy) is 3. The second kappa shape index (κ2) is 11.0. The molecule has 0 aliphatic heterocycles. The molecule has 1 aliphatic carbocycles. The molecule has 9 heteroatoms. The molecule has 32 heavy (non-hydrogen) atoms. The fraction of sp³-hybridized carbons (Fsp3) is 0.565. The van der Waals surface area contributed by atoms with E-state index in [1.165, 1.54) is 31.5 Å². The second-order valence-corrected chi connectivity index (χ2v) is 8.05. The van der Waals surface area contributed by atoms with Crippen LogP contribution in [0.3, 0.4) is 0 Å². The quantitative estimate of drug-likeness (QED) is 0.591. The van der Waals surface area contributed by atoms with Gasteiger partial charge in [-0.2, -0.15) is 0 Å². The molecule has 1 atom stereocenters. The van der Waals surface area contributed by atoms with Crippen LogP contribution in [0, 0.1) is 0 Å². The molecular formula is C23H31N3O6. The number of nitrogens with zero attached hydrogens (tertiary/aromatic N) is 2. The summed E-state index contributed by atoms with van der Waals surface area (Å²) in [6.45, 7) is 1.88. The highest BCUT2D eigenvalue weighted by molar-refractivity contribution is 5.83. The van der Waals surface area contributed by atoms with Crippen LogP contribution in [0.2, 0.25) is 0 Å². The fourth-order valence-corrected chi connectivity index (χ4v) is 3.91. The molecule has 1 unspecified atom stereocenters. The molecule has 0 bridgehead atoms. The van der Waals surface area contributed by atoms with Crippen molar-refractivity contribution in [3.63, 3.8) is 0 Å². The number of hydrogen-bond donors (Lipinski definition) is 1. The van der Waals surface area contributed by atoms with Crippen LogP contribution >= 0.6 is 0 Å². The first-order valence-corrected chi connectivity index (χ1v) is 11.0. The Kier molecular flexibility index (Phi) is 8.08. The maximum atomic E-state index is 12.8. The topological polar surface area (TPSA) is 109 Å². The summed E-state index contributed by atoms with van der Waals surface area (Å²) in [5, 5.41) is 3.36. The van der Waals surface area contributed by atoms with Crippen molar-refractivity contribution in [2.24, 2.45) is 0 Å². The van der Waals surface area contributed by atoms with Gasteiger partial charge in [-0.05, 0) is 32.3 Å². The molecule has 1 aromatic carbocycles. The number of rotatable bonds is 9. The summed E-state index contributed by atoms with van der Waals surface area (Å²) in [7, 11) is 3.02. The van der Waals surface area contributed by atoms with Gasteiger partial charge >= 0.3 is 5.97 Å². The number of carbonyl (C=O) groups excluding carboxylic acids is 2. The molecule has 9 nitrogen and oxygen atoms in total. The predicted octanol–water partition coefficient (Wildman–Crippen LogP) is 2.57. The van der Waals surface area contributed by atoms with Crippen molar-refractivity contribution < 1.29 is 23.8 Å². The zero-order valence-corrected chi connectivity index (χ0v) is 18.9. The standard InChI is InChI=1S/C23H31N3O6/c1-15(22(28)25-16-8-5-4-6-9-16)32-21(27)10-7-11-26-14-24-18-13-20(31-3)19(30-2)12-17(18)23(26)29/h12-16H,4-11H2,1-3H3,(H,25,28). The number of carbonyl (C=O) groups is 2. The molecule has 1 fully saturated rings. The summed E-state index contributed by atoms with van der Waals surface area (Å²) in [6, 6.07) is 3.42. The maximum absolute atomic E-state index is 12.8. The van der Waals surface area contributed by atoms with Crippen molar-refractivity contribution in [2.75, 3.05) is 14.2 Å². The van der Waals surface area contributed by atoms with Crippen molar-refractivity contribution in [3.05, 3.63) is 28.8 Å². The van der Waals surface area contributed by atoms with E-state index in [2.05, 4.69) is 10.3 Å². The van der Waals surface area contributed by atoms with Crippen LogP contribution in [0.15, 0.2) is 23.3 Å². The van der Waals surface area contributed by atoms with Gasteiger partial charge in [0.25, 0.3) is 11.5 Å². The molecule has 0 radical (unpaired) electrons. The predicted molar refractivity (Wildman–Crippen MR) is 119 cm³/mol. The molecule has 1 aliphatic rings. The molecular weight excluding hydrogens is 414 g/mol. The third kappa shape index (κ3) is 5.77. The molecule has 1 saturated carbocycles. The molecule has 0 saturated heterocycles. The van der Waals surface area contributed by atoms with Gasteiger partial charge in [0, 0.05) is 25.1 Å². The highest BCUT2D eigenvalue weighted by atomic mass is 16.5. The monoisotopic (exact) mass is 445 g/mol. The number of benzene rings is 1. The van der Waals surface area contributed by atoms with Crippen molar-refractivity contribution in [1.82, 2.24) is 14.9 Å². The Hall–Kier alpha value is -3.10. The highest BCUT2D eigenvalue weighted by Gasteiger charge is 2.22. The third-order valence-corrected chi connectivity index (χ3v) is 5.74. The van der Waals surface area contributed by atoms with Crippen LogP contribution in [0.25, 0.3) is 10.9 Å². The number of fused-ring (bicyclic) bond motifs is 1. The van der Waals surface area contributed by atoms with Crippen molar-refractivity contribution >= 4 is 22.8 Å². The molecule has 1 amide bonds. The van der Waals surface area contributed by atoms with Crippen molar-refractivity contribution in [2.45, 2.75) is 70.6 Å². The van der Waals surface area contributed by atoms with E-state index in [0.717, 1.165) is 25.7 Å². The van der Waals surface area contributed by atoms with Crippen LogP contribution in [0.4, 0.5) is 0 Å². The first-order chi connectivity index (χ1) is 15.4. The fourth-order valence-electron chi connectivity index (χ4n) is 3.91. The van der Waals surface area contributed by atoms with E-state index in [4.69, 9.17) is 14.2 Å². The van der Waals surface area contributed by atoms with Gasteiger partial charge in [0.2, 0.25) is 0 Å². The van der Waals surface area contributed by atoms with Crippen LogP contribution < -0.4 is 20.3 Å². The Morgan fingerprint density at radius 2 is 1.84 bits per heavy atom. The van der Waals surface area contributed by atoms with E-state index >= 15 is 0 Å². The Balaban J connectivity index is 1.52. The molecule has 174 valence electrons. The number of hydrogen-bond acceptors (Lipinski definition) is 7. The number of aryl methyl sites for hydroxylation is 1. The number of methoxy groups -OCH3 is 2. The van der Waals surface area contributed by atoms with E-state index in [9.17, 15) is 14.4 Å². The number of aromatic nitrogens is 2. The average Bonchev–Trinajstić information content (AvgIpc) is 2.80. The second-order valence-electron chi connectivity index (χ2n) is 8.05.